The molecule has 0 saturated carbocycles. The number of ether oxygens (including phenoxy) is 3. The molecule has 0 radical (unpaired) electrons. The van der Waals surface area contributed by atoms with Crippen molar-refractivity contribution in [1.82, 2.24) is 4.90 Å². The largest absolute Gasteiger partial charge is 0.485 e. The number of sulfonamides is 1. The topological polar surface area (TPSA) is 94.2 Å². The summed E-state index contributed by atoms with van der Waals surface area (Å²) >= 11 is 0. The van der Waals surface area contributed by atoms with Crippen LogP contribution in [0.2, 0.25) is 0 Å². The predicted molar refractivity (Wildman–Crippen MR) is 87.0 cm³/mol. The summed E-state index contributed by atoms with van der Waals surface area (Å²) in [5.74, 6) is 0.879. The van der Waals surface area contributed by atoms with E-state index in [-0.39, 0.29) is 25.3 Å². The fraction of sp³-hybridized carbons (Fsp3) is 0.533. The second kappa shape index (κ2) is 5.73. The van der Waals surface area contributed by atoms with Gasteiger partial charge >= 0.3 is 6.09 Å². The van der Waals surface area contributed by atoms with Gasteiger partial charge < -0.3 is 19.1 Å². The molecule has 8 nitrogen and oxygen atoms in total. The summed E-state index contributed by atoms with van der Waals surface area (Å²) in [5, 5.41) is 0. The standard InChI is InChI=1S/C15H20N2O6S/c1-10(2)17-7-15(23-14(17)18)8-21-12-5-4-11(16-24(3,19)20)6-13(12)22-9-15/h4-6,10,16H,7-9H2,1-3H3. The monoisotopic (exact) mass is 356 g/mol. The quantitative estimate of drug-likeness (QED) is 0.880. The van der Waals surface area contributed by atoms with Gasteiger partial charge in [-0.3, -0.25) is 4.72 Å². The molecule has 24 heavy (non-hydrogen) atoms. The highest BCUT2D eigenvalue weighted by Crippen LogP contribution is 2.37. The Kier molecular flexibility index (Phi) is 3.98. The Bertz CT molecular complexity index is 763. The average Bonchev–Trinajstić information content (AvgIpc) is 2.69. The number of nitrogens with one attached hydrogen (secondary N) is 1. The molecule has 2 aliphatic heterocycles. The first kappa shape index (κ1) is 16.7. The predicted octanol–water partition coefficient (Wildman–Crippen LogP) is 1.43. The van der Waals surface area contributed by atoms with Gasteiger partial charge in [-0.1, -0.05) is 0 Å². The number of rotatable bonds is 3. The van der Waals surface area contributed by atoms with Crippen LogP contribution in [0, 0.1) is 0 Å². The van der Waals surface area contributed by atoms with Crippen molar-refractivity contribution in [2.45, 2.75) is 25.5 Å². The van der Waals surface area contributed by atoms with Crippen molar-refractivity contribution in [1.29, 1.82) is 0 Å². The molecule has 1 aromatic rings. The zero-order valence-electron chi connectivity index (χ0n) is 13.7. The van der Waals surface area contributed by atoms with Crippen molar-refractivity contribution in [2.24, 2.45) is 0 Å². The molecule has 3 rings (SSSR count). The van der Waals surface area contributed by atoms with Gasteiger partial charge in [-0.2, -0.15) is 0 Å². The molecule has 132 valence electrons. The van der Waals surface area contributed by atoms with Crippen LogP contribution in [0.1, 0.15) is 13.8 Å². The maximum absolute atomic E-state index is 12.0. The lowest BCUT2D eigenvalue weighted by atomic mass is 10.1. The lowest BCUT2D eigenvalue weighted by Crippen LogP contribution is -2.45. The first-order valence-electron chi connectivity index (χ1n) is 7.55. The van der Waals surface area contributed by atoms with E-state index >= 15 is 0 Å². The molecule has 0 aromatic heterocycles. The molecule has 1 saturated heterocycles. The maximum Gasteiger partial charge on any atom is 0.411 e. The smallest absolute Gasteiger partial charge is 0.411 e. The molecule has 1 aromatic carbocycles. The molecule has 2 aliphatic rings. The Labute approximate surface area is 140 Å². The molecule has 1 fully saturated rings. The van der Waals surface area contributed by atoms with E-state index in [2.05, 4.69) is 4.72 Å². The third-order valence-corrected chi connectivity index (χ3v) is 4.46. The van der Waals surface area contributed by atoms with Gasteiger partial charge in [-0.25, -0.2) is 13.2 Å². The van der Waals surface area contributed by atoms with Gasteiger partial charge in [0, 0.05) is 12.1 Å². The summed E-state index contributed by atoms with van der Waals surface area (Å²) in [6.45, 7) is 4.52. The highest BCUT2D eigenvalue weighted by molar-refractivity contribution is 7.92. The second-order valence-electron chi connectivity index (χ2n) is 6.39. The first-order chi connectivity index (χ1) is 11.2. The van der Waals surface area contributed by atoms with E-state index in [9.17, 15) is 13.2 Å². The van der Waals surface area contributed by atoms with Crippen molar-refractivity contribution in [3.63, 3.8) is 0 Å². The Morgan fingerprint density at radius 1 is 1.21 bits per heavy atom. The lowest BCUT2D eigenvalue weighted by molar-refractivity contribution is -0.00558. The van der Waals surface area contributed by atoms with Crippen LogP contribution in [0.15, 0.2) is 18.2 Å². The Balaban J connectivity index is 1.79. The van der Waals surface area contributed by atoms with Crippen molar-refractivity contribution in [3.8, 4) is 11.5 Å². The van der Waals surface area contributed by atoms with Crippen LogP contribution in [0.3, 0.4) is 0 Å². The van der Waals surface area contributed by atoms with Crippen LogP contribution in [-0.2, 0) is 14.8 Å². The first-order valence-corrected chi connectivity index (χ1v) is 9.44. The minimum atomic E-state index is -3.38. The number of nitrogens with zero attached hydrogens (tertiary/aromatic N) is 1. The third-order valence-electron chi connectivity index (χ3n) is 3.85. The van der Waals surface area contributed by atoms with Crippen LogP contribution in [-0.4, -0.2) is 57.1 Å². The fourth-order valence-corrected chi connectivity index (χ4v) is 3.23. The molecule has 1 atom stereocenters. The van der Waals surface area contributed by atoms with Crippen LogP contribution >= 0.6 is 0 Å². The highest BCUT2D eigenvalue weighted by Gasteiger charge is 2.49. The molecular weight excluding hydrogens is 336 g/mol. The molecule has 0 bridgehead atoms. The Morgan fingerprint density at radius 3 is 2.46 bits per heavy atom. The summed E-state index contributed by atoms with van der Waals surface area (Å²) in [7, 11) is -3.38. The molecule has 1 unspecified atom stereocenters. The molecule has 1 amide bonds. The second-order valence-corrected chi connectivity index (χ2v) is 8.13. The number of amides is 1. The van der Waals surface area contributed by atoms with E-state index in [1.807, 2.05) is 13.8 Å². The fourth-order valence-electron chi connectivity index (χ4n) is 2.67. The maximum atomic E-state index is 12.0. The van der Waals surface area contributed by atoms with Crippen molar-refractivity contribution in [2.75, 3.05) is 30.7 Å². The van der Waals surface area contributed by atoms with Crippen LogP contribution in [0.25, 0.3) is 0 Å². The van der Waals surface area contributed by atoms with Gasteiger partial charge in [0.1, 0.15) is 13.2 Å². The number of carbonyl (C=O) groups excluding carboxylic acids is 1. The van der Waals surface area contributed by atoms with Gasteiger partial charge in [-0.05, 0) is 26.0 Å². The number of anilines is 1. The van der Waals surface area contributed by atoms with Gasteiger partial charge in [-0.15, -0.1) is 0 Å². The molecule has 2 heterocycles. The van der Waals surface area contributed by atoms with Crippen LogP contribution < -0.4 is 14.2 Å². The van der Waals surface area contributed by atoms with E-state index in [0.29, 0.717) is 23.7 Å². The summed E-state index contributed by atoms with van der Waals surface area (Å²) in [5.41, 5.74) is -0.492. The van der Waals surface area contributed by atoms with Gasteiger partial charge in [0.25, 0.3) is 0 Å². The third kappa shape index (κ3) is 3.35. The zero-order valence-corrected chi connectivity index (χ0v) is 14.6. The normalized spacial score (nSPS) is 23.3. The van der Waals surface area contributed by atoms with Gasteiger partial charge in [0.05, 0.1) is 18.5 Å². The van der Waals surface area contributed by atoms with E-state index in [4.69, 9.17) is 14.2 Å². The zero-order chi connectivity index (χ0) is 17.5. The Morgan fingerprint density at radius 2 is 1.88 bits per heavy atom. The number of carbonyl (C=O) groups is 1. The van der Waals surface area contributed by atoms with E-state index < -0.39 is 15.6 Å². The lowest BCUT2D eigenvalue weighted by Gasteiger charge is -2.24. The molecule has 1 spiro atoms. The van der Waals surface area contributed by atoms with E-state index in [1.165, 1.54) is 0 Å². The van der Waals surface area contributed by atoms with Crippen LogP contribution in [0.4, 0.5) is 10.5 Å². The molecule has 9 heteroatoms. The van der Waals surface area contributed by atoms with Gasteiger partial charge in [0.15, 0.2) is 17.1 Å². The summed E-state index contributed by atoms with van der Waals surface area (Å²) in [6.07, 6.45) is 0.686. The number of hydrogen-bond acceptors (Lipinski definition) is 6. The molecule has 1 N–H and O–H groups in total. The van der Waals surface area contributed by atoms with Gasteiger partial charge in [0.2, 0.25) is 10.0 Å². The van der Waals surface area contributed by atoms with Crippen molar-refractivity contribution in [3.05, 3.63) is 18.2 Å². The molecule has 0 aliphatic carbocycles. The summed E-state index contributed by atoms with van der Waals surface area (Å²) < 4.78 is 42.1. The number of fused-ring (bicyclic) bond motifs is 1. The van der Waals surface area contributed by atoms with Crippen LogP contribution in [0.5, 0.6) is 11.5 Å². The summed E-state index contributed by atoms with van der Waals surface area (Å²) in [4.78, 5) is 13.6. The Hall–Kier alpha value is -2.16. The molecular formula is C15H20N2O6S. The van der Waals surface area contributed by atoms with Crippen molar-refractivity contribution < 1.29 is 27.4 Å². The number of benzene rings is 1. The summed E-state index contributed by atoms with van der Waals surface area (Å²) in [6, 6.07) is 4.78. The average molecular weight is 356 g/mol. The SMILES string of the molecule is CC(C)N1CC2(COc3ccc(NS(C)(=O)=O)cc3OC2)OC1=O. The van der Waals surface area contributed by atoms with E-state index in [1.54, 1.807) is 23.1 Å². The van der Waals surface area contributed by atoms with E-state index in [0.717, 1.165) is 6.26 Å². The van der Waals surface area contributed by atoms with Crippen molar-refractivity contribution >= 4 is 21.8 Å². The minimum absolute atomic E-state index is 0.0214. The number of hydrogen-bond donors (Lipinski definition) is 1. The minimum Gasteiger partial charge on any atom is -0.485 e. The highest BCUT2D eigenvalue weighted by atomic mass is 32.2.